The topological polar surface area (TPSA) is 66.8 Å². The van der Waals surface area contributed by atoms with Crippen molar-refractivity contribution in [2.45, 2.75) is 6.10 Å². The fourth-order valence-corrected chi connectivity index (χ4v) is 1.82. The van der Waals surface area contributed by atoms with E-state index in [1.54, 1.807) is 0 Å². The molecule has 1 rings (SSSR count). The van der Waals surface area contributed by atoms with E-state index in [0.717, 1.165) is 0 Å². The molecule has 0 amide bonds. The highest BCUT2D eigenvalue weighted by molar-refractivity contribution is 9.10. The zero-order valence-corrected chi connectivity index (χ0v) is 10.0. The molecule has 0 heterocycles. The number of aliphatic hydroxyl groups is 1. The van der Waals surface area contributed by atoms with Gasteiger partial charge in [-0.2, -0.15) is 0 Å². The number of hydrogen-bond acceptors (Lipinski definition) is 3. The lowest BCUT2D eigenvalue weighted by molar-refractivity contribution is -0.146. The van der Waals surface area contributed by atoms with Crippen LogP contribution in [-0.2, 0) is 4.79 Å². The summed E-state index contributed by atoms with van der Waals surface area (Å²) >= 11 is 8.97. The lowest BCUT2D eigenvalue weighted by Gasteiger charge is -2.11. The number of halogens is 2. The summed E-state index contributed by atoms with van der Waals surface area (Å²) in [6.07, 6.45) is -1.64. The summed E-state index contributed by atoms with van der Waals surface area (Å²) in [5.74, 6) is -0.879. The molecule has 0 aliphatic heterocycles. The summed E-state index contributed by atoms with van der Waals surface area (Å²) < 4.78 is 5.49. The number of hydrogen-bond donors (Lipinski definition) is 2. The van der Waals surface area contributed by atoms with Crippen LogP contribution in [0.1, 0.15) is 11.7 Å². The smallest absolute Gasteiger partial charge is 0.337 e. The van der Waals surface area contributed by atoms with Crippen molar-refractivity contribution >= 4 is 33.5 Å². The molecule has 1 aromatic rings. The molecule has 2 N–H and O–H groups in total. The number of ether oxygens (including phenoxy) is 1. The normalized spacial score (nSPS) is 12.3. The molecule has 0 aliphatic carbocycles. The van der Waals surface area contributed by atoms with Gasteiger partial charge in [0, 0.05) is 11.6 Å². The van der Waals surface area contributed by atoms with Crippen LogP contribution in [0.2, 0.25) is 5.02 Å². The first-order valence-corrected chi connectivity index (χ1v) is 5.08. The fourth-order valence-electron chi connectivity index (χ4n) is 1.04. The molecule has 0 saturated carbocycles. The van der Waals surface area contributed by atoms with Crippen molar-refractivity contribution in [3.63, 3.8) is 0 Å². The minimum absolute atomic E-state index is 0.122. The van der Waals surface area contributed by atoms with Gasteiger partial charge in [0.25, 0.3) is 0 Å². The van der Waals surface area contributed by atoms with Crippen LogP contribution in [0.5, 0.6) is 5.75 Å². The number of carboxylic acid groups (broad SMARTS) is 1. The third-order valence-corrected chi connectivity index (χ3v) is 2.75. The number of methoxy groups -OCH3 is 1. The van der Waals surface area contributed by atoms with Gasteiger partial charge >= 0.3 is 5.97 Å². The first-order valence-electron chi connectivity index (χ1n) is 3.91. The molecule has 1 aromatic carbocycles. The molecule has 1 atom stereocenters. The monoisotopic (exact) mass is 294 g/mol. The van der Waals surface area contributed by atoms with Gasteiger partial charge in [0.1, 0.15) is 5.75 Å². The minimum Gasteiger partial charge on any atom is -0.496 e. The lowest BCUT2D eigenvalue weighted by Crippen LogP contribution is -2.11. The van der Waals surface area contributed by atoms with E-state index < -0.39 is 12.1 Å². The molecular formula is C9H8BrClO4. The van der Waals surface area contributed by atoms with E-state index >= 15 is 0 Å². The lowest BCUT2D eigenvalue weighted by atomic mass is 10.1. The fraction of sp³-hybridized carbons (Fsp3) is 0.222. The van der Waals surface area contributed by atoms with Gasteiger partial charge in [0.2, 0.25) is 0 Å². The SMILES string of the molecule is COc1cc(Cl)c(C(O)C(=O)O)cc1Br. The Hall–Kier alpha value is -0.780. The summed E-state index contributed by atoms with van der Waals surface area (Å²) in [5, 5.41) is 18.1. The molecule has 0 saturated heterocycles. The second-order valence-electron chi connectivity index (χ2n) is 2.75. The van der Waals surface area contributed by atoms with Crippen molar-refractivity contribution in [2.75, 3.05) is 7.11 Å². The summed E-state index contributed by atoms with van der Waals surface area (Å²) in [6.45, 7) is 0. The molecule has 0 radical (unpaired) electrons. The van der Waals surface area contributed by atoms with Crippen molar-refractivity contribution in [3.8, 4) is 5.75 Å². The van der Waals surface area contributed by atoms with Crippen LogP contribution in [0.4, 0.5) is 0 Å². The van der Waals surface area contributed by atoms with Crippen LogP contribution in [0, 0.1) is 0 Å². The van der Waals surface area contributed by atoms with Gasteiger partial charge in [0.15, 0.2) is 6.10 Å². The molecule has 0 aromatic heterocycles. The van der Waals surface area contributed by atoms with E-state index in [0.29, 0.717) is 10.2 Å². The highest BCUT2D eigenvalue weighted by atomic mass is 79.9. The standard InChI is InChI=1S/C9H8BrClO4/c1-15-7-3-6(11)4(2-5(7)10)8(12)9(13)14/h2-3,8,12H,1H3,(H,13,14). The average Bonchev–Trinajstić information content (AvgIpc) is 2.19. The number of carboxylic acids is 1. The summed E-state index contributed by atoms with van der Waals surface area (Å²) in [7, 11) is 1.46. The zero-order chi connectivity index (χ0) is 11.6. The molecule has 0 fully saturated rings. The second kappa shape index (κ2) is 4.83. The van der Waals surface area contributed by atoms with E-state index in [-0.39, 0.29) is 10.6 Å². The third-order valence-electron chi connectivity index (χ3n) is 1.80. The molecule has 15 heavy (non-hydrogen) atoms. The van der Waals surface area contributed by atoms with E-state index in [1.807, 2.05) is 0 Å². The van der Waals surface area contributed by atoms with Gasteiger partial charge in [-0.25, -0.2) is 4.79 Å². The first kappa shape index (κ1) is 12.3. The van der Waals surface area contributed by atoms with Crippen molar-refractivity contribution in [3.05, 3.63) is 27.2 Å². The van der Waals surface area contributed by atoms with Crippen LogP contribution in [0.25, 0.3) is 0 Å². The van der Waals surface area contributed by atoms with Gasteiger partial charge in [-0.1, -0.05) is 11.6 Å². The first-order chi connectivity index (χ1) is 6.97. The molecule has 4 nitrogen and oxygen atoms in total. The van der Waals surface area contributed by atoms with E-state index in [9.17, 15) is 9.90 Å². The maximum absolute atomic E-state index is 10.6. The summed E-state index contributed by atoms with van der Waals surface area (Å²) in [5.41, 5.74) is 0.122. The Bertz CT molecular complexity index is 394. The molecule has 1 unspecified atom stereocenters. The number of carbonyl (C=O) groups is 1. The Labute approximate surface area is 99.6 Å². The van der Waals surface area contributed by atoms with Crippen LogP contribution < -0.4 is 4.74 Å². The number of benzene rings is 1. The van der Waals surface area contributed by atoms with Crippen LogP contribution in [0.15, 0.2) is 16.6 Å². The number of aliphatic carboxylic acids is 1. The van der Waals surface area contributed by atoms with Gasteiger partial charge in [-0.3, -0.25) is 0 Å². The highest BCUT2D eigenvalue weighted by Gasteiger charge is 2.20. The van der Waals surface area contributed by atoms with E-state index in [4.69, 9.17) is 21.4 Å². The van der Waals surface area contributed by atoms with E-state index in [2.05, 4.69) is 15.9 Å². The molecule has 6 heteroatoms. The molecule has 82 valence electrons. The van der Waals surface area contributed by atoms with Crippen LogP contribution in [0.3, 0.4) is 0 Å². The average molecular weight is 296 g/mol. The highest BCUT2D eigenvalue weighted by Crippen LogP contribution is 2.34. The molecule has 0 bridgehead atoms. The second-order valence-corrected chi connectivity index (χ2v) is 4.01. The predicted octanol–water partition coefficient (Wildman–Crippen LogP) is 2.23. The minimum atomic E-state index is -1.64. The van der Waals surface area contributed by atoms with Gasteiger partial charge in [0.05, 0.1) is 16.6 Å². The van der Waals surface area contributed by atoms with Crippen LogP contribution in [-0.4, -0.2) is 23.3 Å². The van der Waals surface area contributed by atoms with Crippen molar-refractivity contribution in [1.82, 2.24) is 0 Å². The van der Waals surface area contributed by atoms with Crippen molar-refractivity contribution < 1.29 is 19.7 Å². The number of rotatable bonds is 3. The maximum atomic E-state index is 10.6. The largest absolute Gasteiger partial charge is 0.496 e. The quantitative estimate of drug-likeness (QED) is 0.897. The molecule has 0 spiro atoms. The predicted molar refractivity (Wildman–Crippen MR) is 58.3 cm³/mol. The van der Waals surface area contributed by atoms with Gasteiger partial charge in [-0.15, -0.1) is 0 Å². The Morgan fingerprint density at radius 2 is 2.20 bits per heavy atom. The van der Waals surface area contributed by atoms with E-state index in [1.165, 1.54) is 19.2 Å². The molecule has 0 aliphatic rings. The Morgan fingerprint density at radius 1 is 1.60 bits per heavy atom. The Morgan fingerprint density at radius 3 is 2.67 bits per heavy atom. The van der Waals surface area contributed by atoms with Crippen molar-refractivity contribution in [1.29, 1.82) is 0 Å². The molecular weight excluding hydrogens is 287 g/mol. The third kappa shape index (κ3) is 2.62. The Kier molecular flexibility index (Phi) is 3.96. The van der Waals surface area contributed by atoms with Gasteiger partial charge in [-0.05, 0) is 22.0 Å². The number of aliphatic hydroxyl groups excluding tert-OH is 1. The maximum Gasteiger partial charge on any atom is 0.337 e. The van der Waals surface area contributed by atoms with Gasteiger partial charge < -0.3 is 14.9 Å². The summed E-state index contributed by atoms with van der Waals surface area (Å²) in [4.78, 5) is 10.6. The van der Waals surface area contributed by atoms with Crippen molar-refractivity contribution in [2.24, 2.45) is 0 Å². The zero-order valence-electron chi connectivity index (χ0n) is 7.70. The summed E-state index contributed by atoms with van der Waals surface area (Å²) in [6, 6.07) is 2.85. The van der Waals surface area contributed by atoms with Crippen LogP contribution >= 0.6 is 27.5 Å². The Balaban J connectivity index is 3.21.